The van der Waals surface area contributed by atoms with Gasteiger partial charge in [0.1, 0.15) is 5.75 Å². The number of amides is 2. The van der Waals surface area contributed by atoms with Gasteiger partial charge in [-0.25, -0.2) is 5.48 Å². The quantitative estimate of drug-likeness (QED) is 0.639. The van der Waals surface area contributed by atoms with Crippen molar-refractivity contribution in [1.29, 1.82) is 0 Å². The zero-order valence-corrected chi connectivity index (χ0v) is 14.9. The van der Waals surface area contributed by atoms with Gasteiger partial charge < -0.3 is 9.64 Å². The zero-order valence-electron chi connectivity index (χ0n) is 14.9. The van der Waals surface area contributed by atoms with Crippen LogP contribution in [0.2, 0.25) is 0 Å². The Morgan fingerprint density at radius 2 is 1.92 bits per heavy atom. The lowest BCUT2D eigenvalue weighted by Gasteiger charge is -2.39. The minimum Gasteiger partial charge on any atom is -0.476 e. The Morgan fingerprint density at radius 1 is 1.19 bits per heavy atom. The van der Waals surface area contributed by atoms with E-state index in [1.807, 2.05) is 18.2 Å². The maximum Gasteiger partial charge on any atom is 0.274 e. The number of hydrogen-bond donors (Lipinski definition) is 2. The van der Waals surface area contributed by atoms with Gasteiger partial charge in [-0.1, -0.05) is 30.3 Å². The van der Waals surface area contributed by atoms with Gasteiger partial charge in [0.2, 0.25) is 0 Å². The number of carbonyl (C=O) groups excluding carboxylic acids is 2. The van der Waals surface area contributed by atoms with Crippen LogP contribution in [0, 0.1) is 0 Å². The second-order valence-corrected chi connectivity index (χ2v) is 6.78. The summed E-state index contributed by atoms with van der Waals surface area (Å²) in [7, 11) is 0. The predicted molar refractivity (Wildman–Crippen MR) is 97.5 cm³/mol. The summed E-state index contributed by atoms with van der Waals surface area (Å²) in [6.07, 6.45) is 1.62. The van der Waals surface area contributed by atoms with Crippen LogP contribution in [0.3, 0.4) is 0 Å². The van der Waals surface area contributed by atoms with Gasteiger partial charge in [0.05, 0.1) is 5.69 Å². The molecule has 0 spiro atoms. The lowest BCUT2D eigenvalue weighted by molar-refractivity contribution is -0.132. The summed E-state index contributed by atoms with van der Waals surface area (Å²) < 4.78 is 5.81. The van der Waals surface area contributed by atoms with E-state index in [4.69, 9.17) is 9.94 Å². The zero-order chi connectivity index (χ0) is 18.7. The molecule has 1 aliphatic rings. The van der Waals surface area contributed by atoms with E-state index in [0.29, 0.717) is 18.0 Å². The van der Waals surface area contributed by atoms with Gasteiger partial charge in [-0.15, -0.1) is 0 Å². The van der Waals surface area contributed by atoms with Crippen LogP contribution < -0.4 is 15.1 Å². The van der Waals surface area contributed by atoms with Crippen LogP contribution in [-0.4, -0.2) is 29.2 Å². The molecule has 0 atom stereocenters. The van der Waals surface area contributed by atoms with E-state index in [2.05, 4.69) is 12.1 Å². The van der Waals surface area contributed by atoms with Crippen molar-refractivity contribution >= 4 is 17.5 Å². The number of rotatable bonds is 5. The number of benzene rings is 2. The summed E-state index contributed by atoms with van der Waals surface area (Å²) >= 11 is 0. The third-order valence-electron chi connectivity index (χ3n) is 4.43. The summed E-state index contributed by atoms with van der Waals surface area (Å²) in [5, 5.41) is 8.85. The number of aryl methyl sites for hydroxylation is 1. The van der Waals surface area contributed by atoms with Crippen LogP contribution in [0.4, 0.5) is 5.69 Å². The average Bonchev–Trinajstić information content (AvgIpc) is 2.64. The molecule has 136 valence electrons. The molecule has 26 heavy (non-hydrogen) atoms. The first kappa shape index (κ1) is 17.9. The Hall–Kier alpha value is -2.86. The molecular formula is C20H22N2O4. The molecular weight excluding hydrogens is 332 g/mol. The Kier molecular flexibility index (Phi) is 4.95. The van der Waals surface area contributed by atoms with Gasteiger partial charge in [-0.3, -0.25) is 14.8 Å². The summed E-state index contributed by atoms with van der Waals surface area (Å²) in [6, 6.07) is 14.8. The maximum atomic E-state index is 12.9. The minimum absolute atomic E-state index is 0.153. The van der Waals surface area contributed by atoms with Crippen molar-refractivity contribution in [1.82, 2.24) is 5.48 Å². The molecule has 2 N–H and O–H groups in total. The third-order valence-corrected chi connectivity index (χ3v) is 4.43. The van der Waals surface area contributed by atoms with Crippen molar-refractivity contribution < 1.29 is 19.5 Å². The van der Waals surface area contributed by atoms with Gasteiger partial charge in [-0.05, 0) is 50.5 Å². The van der Waals surface area contributed by atoms with Gasteiger partial charge >= 0.3 is 0 Å². The van der Waals surface area contributed by atoms with Gasteiger partial charge in [0.25, 0.3) is 11.8 Å². The number of nitrogens with zero attached hydrogens (tertiary/aromatic N) is 1. The Balaban J connectivity index is 1.85. The standard InChI is InChI=1S/C20H22N2O4/c1-20(2)19(24)22(12-6-9-14-7-4-3-5-8-14)16-13-15(18(23)21-25)10-11-17(16)26-20/h3-5,7-8,10-11,13,25H,6,9,12H2,1-2H3,(H,21,23). The smallest absolute Gasteiger partial charge is 0.274 e. The Labute approximate surface area is 152 Å². The van der Waals surface area contributed by atoms with Gasteiger partial charge in [0, 0.05) is 12.1 Å². The molecule has 0 aromatic heterocycles. The number of fused-ring (bicyclic) bond motifs is 1. The first-order valence-corrected chi connectivity index (χ1v) is 8.56. The molecule has 0 saturated heterocycles. The summed E-state index contributed by atoms with van der Waals surface area (Å²) in [5.41, 5.74) is 2.65. The Bertz CT molecular complexity index is 818. The highest BCUT2D eigenvalue weighted by Crippen LogP contribution is 2.38. The molecule has 2 aromatic carbocycles. The molecule has 6 nitrogen and oxygen atoms in total. The van der Waals surface area contributed by atoms with Crippen molar-refractivity contribution in [2.75, 3.05) is 11.4 Å². The normalized spacial score (nSPS) is 15.2. The highest BCUT2D eigenvalue weighted by Gasteiger charge is 2.40. The number of hydroxylamine groups is 1. The van der Waals surface area contributed by atoms with Crippen LogP contribution >= 0.6 is 0 Å². The van der Waals surface area contributed by atoms with Crippen molar-refractivity contribution in [2.24, 2.45) is 0 Å². The predicted octanol–water partition coefficient (Wildman–Crippen LogP) is 2.94. The third kappa shape index (κ3) is 3.55. The van der Waals surface area contributed by atoms with Crippen molar-refractivity contribution in [3.05, 3.63) is 59.7 Å². The van der Waals surface area contributed by atoms with E-state index in [9.17, 15) is 9.59 Å². The van der Waals surface area contributed by atoms with Crippen LogP contribution in [0.5, 0.6) is 5.75 Å². The highest BCUT2D eigenvalue weighted by molar-refractivity contribution is 6.04. The largest absolute Gasteiger partial charge is 0.476 e. The van der Waals surface area contributed by atoms with Crippen molar-refractivity contribution in [2.45, 2.75) is 32.3 Å². The molecule has 0 aliphatic carbocycles. The van der Waals surface area contributed by atoms with E-state index in [1.54, 1.807) is 42.4 Å². The van der Waals surface area contributed by atoms with Crippen LogP contribution in [0.1, 0.15) is 36.2 Å². The highest BCUT2D eigenvalue weighted by atomic mass is 16.5. The SMILES string of the molecule is CC1(C)Oc2ccc(C(=O)NO)cc2N(CCCc2ccccc2)C1=O. The molecule has 3 rings (SSSR count). The molecule has 0 unspecified atom stereocenters. The van der Waals surface area contributed by atoms with E-state index >= 15 is 0 Å². The van der Waals surface area contributed by atoms with E-state index < -0.39 is 11.5 Å². The summed E-state index contributed by atoms with van der Waals surface area (Å²) in [6.45, 7) is 3.98. The first-order valence-electron chi connectivity index (χ1n) is 8.56. The van der Waals surface area contributed by atoms with E-state index in [-0.39, 0.29) is 11.5 Å². The topological polar surface area (TPSA) is 78.9 Å². The van der Waals surface area contributed by atoms with Crippen molar-refractivity contribution in [3.63, 3.8) is 0 Å². The number of anilines is 1. The second kappa shape index (κ2) is 7.17. The number of nitrogens with one attached hydrogen (secondary N) is 1. The fraction of sp³-hybridized carbons (Fsp3) is 0.300. The fourth-order valence-corrected chi connectivity index (χ4v) is 3.08. The molecule has 2 aromatic rings. The molecule has 0 bridgehead atoms. The van der Waals surface area contributed by atoms with E-state index in [0.717, 1.165) is 12.8 Å². The molecule has 0 saturated carbocycles. The van der Waals surface area contributed by atoms with E-state index in [1.165, 1.54) is 5.56 Å². The molecule has 2 amide bonds. The number of carbonyl (C=O) groups is 2. The molecule has 0 fully saturated rings. The molecule has 1 aliphatic heterocycles. The van der Waals surface area contributed by atoms with Crippen LogP contribution in [0.15, 0.2) is 48.5 Å². The summed E-state index contributed by atoms with van der Waals surface area (Å²) in [4.78, 5) is 26.2. The number of ether oxygens (including phenoxy) is 1. The maximum absolute atomic E-state index is 12.9. The van der Waals surface area contributed by atoms with Gasteiger partial charge in [0.15, 0.2) is 5.60 Å². The monoisotopic (exact) mass is 354 g/mol. The fourth-order valence-electron chi connectivity index (χ4n) is 3.08. The summed E-state index contributed by atoms with van der Waals surface area (Å²) in [5.74, 6) is -0.238. The second-order valence-electron chi connectivity index (χ2n) is 6.78. The lowest BCUT2D eigenvalue weighted by atomic mass is 10.0. The lowest BCUT2D eigenvalue weighted by Crippen LogP contribution is -2.52. The Morgan fingerprint density at radius 3 is 2.62 bits per heavy atom. The van der Waals surface area contributed by atoms with Crippen LogP contribution in [-0.2, 0) is 11.2 Å². The van der Waals surface area contributed by atoms with Crippen LogP contribution in [0.25, 0.3) is 0 Å². The van der Waals surface area contributed by atoms with Crippen molar-refractivity contribution in [3.8, 4) is 5.75 Å². The molecule has 6 heteroatoms. The van der Waals surface area contributed by atoms with Gasteiger partial charge in [-0.2, -0.15) is 0 Å². The first-order chi connectivity index (χ1) is 12.4. The molecule has 1 heterocycles. The minimum atomic E-state index is -0.972. The number of hydrogen-bond acceptors (Lipinski definition) is 4. The molecule has 0 radical (unpaired) electrons. The average molecular weight is 354 g/mol.